The van der Waals surface area contributed by atoms with Crippen molar-refractivity contribution in [3.8, 4) is 0 Å². The van der Waals surface area contributed by atoms with E-state index in [1.807, 2.05) is 0 Å². The van der Waals surface area contributed by atoms with Gasteiger partial charge in [-0.3, -0.25) is 0 Å². The van der Waals surface area contributed by atoms with E-state index in [-0.39, 0.29) is 0 Å². The first kappa shape index (κ1) is 15.6. The van der Waals surface area contributed by atoms with Gasteiger partial charge in [0.15, 0.2) is 0 Å². The fourth-order valence-electron chi connectivity index (χ4n) is 3.80. The largest absolute Gasteiger partial charge is 0.347 e. The molecule has 1 aliphatic rings. The average molecular weight is 299 g/mol. The molecule has 0 amide bonds. The molecule has 1 aliphatic heterocycles. The third-order valence-electron chi connectivity index (χ3n) is 5.01. The quantitative estimate of drug-likeness (QED) is 0.888. The van der Waals surface area contributed by atoms with Gasteiger partial charge in [0, 0.05) is 24.7 Å². The van der Waals surface area contributed by atoms with Crippen molar-refractivity contribution in [2.24, 2.45) is 5.73 Å². The Balaban J connectivity index is 1.92. The molecule has 0 unspecified atom stereocenters. The number of aromatic nitrogens is 1. The second-order valence-corrected chi connectivity index (χ2v) is 6.71. The van der Waals surface area contributed by atoms with E-state index in [4.69, 9.17) is 5.73 Å². The van der Waals surface area contributed by atoms with Crippen molar-refractivity contribution in [1.29, 1.82) is 0 Å². The summed E-state index contributed by atoms with van der Waals surface area (Å²) in [5.41, 5.74) is 11.4. The molecule has 0 spiro atoms. The van der Waals surface area contributed by atoms with Crippen LogP contribution < -0.4 is 5.73 Å². The van der Waals surface area contributed by atoms with Crippen LogP contribution in [-0.2, 0) is 13.0 Å². The lowest BCUT2D eigenvalue weighted by molar-refractivity contribution is 0.344. The summed E-state index contributed by atoms with van der Waals surface area (Å²) in [6.07, 6.45) is 7.34. The first-order valence-corrected chi connectivity index (χ1v) is 8.71. The van der Waals surface area contributed by atoms with E-state index >= 15 is 0 Å². The Kier molecular flexibility index (Phi) is 4.84. The third-order valence-corrected chi connectivity index (χ3v) is 5.01. The minimum Gasteiger partial charge on any atom is -0.347 e. The molecule has 0 radical (unpaired) electrons. The van der Waals surface area contributed by atoms with Crippen molar-refractivity contribution in [2.45, 2.75) is 46.1 Å². The molecule has 2 aromatic rings. The number of hydrogen-bond donors (Lipinski definition) is 1. The molecule has 3 heteroatoms. The minimum atomic E-state index is 0.758. The number of likely N-dealkylation sites (tertiary alicyclic amines) is 1. The Morgan fingerprint density at radius 1 is 1.05 bits per heavy atom. The molecule has 2 N–H and O–H groups in total. The predicted molar refractivity (Wildman–Crippen MR) is 94.5 cm³/mol. The van der Waals surface area contributed by atoms with E-state index in [2.05, 4.69) is 41.6 Å². The fourth-order valence-corrected chi connectivity index (χ4v) is 3.80. The van der Waals surface area contributed by atoms with Gasteiger partial charge in [-0.1, -0.05) is 12.1 Å². The lowest BCUT2D eigenvalue weighted by Gasteiger charge is -2.14. The number of nitrogens with two attached hydrogens (primary N) is 1. The summed E-state index contributed by atoms with van der Waals surface area (Å²) in [6.45, 7) is 10.0. The van der Waals surface area contributed by atoms with Crippen LogP contribution in [0.2, 0.25) is 0 Å². The number of hydrogen-bond acceptors (Lipinski definition) is 2. The zero-order valence-electron chi connectivity index (χ0n) is 14.1. The first-order valence-electron chi connectivity index (χ1n) is 8.71. The number of fused-ring (bicyclic) bond motifs is 1. The van der Waals surface area contributed by atoms with Crippen LogP contribution in [0.15, 0.2) is 18.3 Å². The van der Waals surface area contributed by atoms with Gasteiger partial charge < -0.3 is 15.2 Å². The van der Waals surface area contributed by atoms with Crippen molar-refractivity contribution >= 4 is 10.9 Å². The molecule has 3 nitrogen and oxygen atoms in total. The Labute approximate surface area is 134 Å². The zero-order chi connectivity index (χ0) is 15.5. The van der Waals surface area contributed by atoms with Crippen molar-refractivity contribution in [3.63, 3.8) is 0 Å². The first-order chi connectivity index (χ1) is 10.7. The Hall–Kier alpha value is -1.32. The van der Waals surface area contributed by atoms with Crippen molar-refractivity contribution in [3.05, 3.63) is 35.0 Å². The summed E-state index contributed by atoms with van der Waals surface area (Å²) in [7, 11) is 0. The lowest BCUT2D eigenvalue weighted by atomic mass is 10.0. The predicted octanol–water partition coefficient (Wildman–Crippen LogP) is 3.25. The molecule has 0 atom stereocenters. The smallest absolute Gasteiger partial charge is 0.0515 e. The standard InChI is InChI=1S/C19H29N3/c1-15-6-7-16(2)19-18(15)17(14-22(19)12-5-9-20)8-13-21-10-3-4-11-21/h6-7,14H,3-5,8-13,20H2,1-2H3. The highest BCUT2D eigenvalue weighted by molar-refractivity contribution is 5.89. The molecule has 0 aliphatic carbocycles. The number of benzene rings is 1. The van der Waals surface area contributed by atoms with Crippen LogP contribution in [-0.4, -0.2) is 35.6 Å². The maximum Gasteiger partial charge on any atom is 0.0515 e. The SMILES string of the molecule is Cc1ccc(C)c2c1c(CCN1CCCC1)cn2CCCN. The molecule has 1 fully saturated rings. The van der Waals surface area contributed by atoms with Crippen LogP contribution in [0.3, 0.4) is 0 Å². The summed E-state index contributed by atoms with van der Waals surface area (Å²) >= 11 is 0. The van der Waals surface area contributed by atoms with Gasteiger partial charge in [-0.25, -0.2) is 0 Å². The molecule has 3 rings (SSSR count). The van der Waals surface area contributed by atoms with Crippen LogP contribution in [0.4, 0.5) is 0 Å². The topological polar surface area (TPSA) is 34.2 Å². The molecule has 1 saturated heterocycles. The van der Waals surface area contributed by atoms with Gasteiger partial charge in [0.05, 0.1) is 5.52 Å². The summed E-state index contributed by atoms with van der Waals surface area (Å²) in [5.74, 6) is 0. The Morgan fingerprint density at radius 2 is 1.77 bits per heavy atom. The summed E-state index contributed by atoms with van der Waals surface area (Å²) in [4.78, 5) is 2.61. The molecule has 1 aromatic heterocycles. The highest BCUT2D eigenvalue weighted by Crippen LogP contribution is 2.29. The summed E-state index contributed by atoms with van der Waals surface area (Å²) in [5, 5.41) is 1.48. The monoisotopic (exact) mass is 299 g/mol. The summed E-state index contributed by atoms with van der Waals surface area (Å²) in [6, 6.07) is 4.52. The molecule has 2 heterocycles. The molecule has 0 bridgehead atoms. The summed E-state index contributed by atoms with van der Waals surface area (Å²) < 4.78 is 2.43. The van der Waals surface area contributed by atoms with Gasteiger partial charge in [-0.15, -0.1) is 0 Å². The number of aryl methyl sites for hydroxylation is 3. The maximum absolute atomic E-state index is 5.72. The average Bonchev–Trinajstić information content (AvgIpc) is 3.14. The minimum absolute atomic E-state index is 0.758. The highest BCUT2D eigenvalue weighted by Gasteiger charge is 2.15. The Morgan fingerprint density at radius 3 is 2.50 bits per heavy atom. The van der Waals surface area contributed by atoms with Gasteiger partial charge in [0.25, 0.3) is 0 Å². The molecule has 22 heavy (non-hydrogen) atoms. The number of nitrogens with zero attached hydrogens (tertiary/aromatic N) is 2. The molecular weight excluding hydrogens is 270 g/mol. The van der Waals surface area contributed by atoms with Crippen LogP contribution in [0.25, 0.3) is 10.9 Å². The van der Waals surface area contributed by atoms with Gasteiger partial charge in [0.2, 0.25) is 0 Å². The molecule has 1 aromatic carbocycles. The van der Waals surface area contributed by atoms with E-state index in [1.165, 1.54) is 60.1 Å². The van der Waals surface area contributed by atoms with Crippen molar-refractivity contribution in [1.82, 2.24) is 9.47 Å². The van der Waals surface area contributed by atoms with Gasteiger partial charge in [0.1, 0.15) is 0 Å². The van der Waals surface area contributed by atoms with Crippen LogP contribution in [0, 0.1) is 13.8 Å². The Bertz CT molecular complexity index is 636. The second-order valence-electron chi connectivity index (χ2n) is 6.71. The third kappa shape index (κ3) is 3.06. The van der Waals surface area contributed by atoms with Crippen LogP contribution in [0.5, 0.6) is 0 Å². The van der Waals surface area contributed by atoms with E-state index < -0.39 is 0 Å². The lowest BCUT2D eigenvalue weighted by Crippen LogP contribution is -2.21. The second kappa shape index (κ2) is 6.84. The van der Waals surface area contributed by atoms with Gasteiger partial charge in [-0.05, 0) is 75.9 Å². The fraction of sp³-hybridized carbons (Fsp3) is 0.579. The molecular formula is C19H29N3. The van der Waals surface area contributed by atoms with Crippen LogP contribution in [0.1, 0.15) is 36.0 Å². The number of rotatable bonds is 6. The van der Waals surface area contributed by atoms with Gasteiger partial charge >= 0.3 is 0 Å². The van der Waals surface area contributed by atoms with Gasteiger partial charge in [-0.2, -0.15) is 0 Å². The van der Waals surface area contributed by atoms with E-state index in [1.54, 1.807) is 0 Å². The highest BCUT2D eigenvalue weighted by atomic mass is 15.1. The van der Waals surface area contributed by atoms with Crippen molar-refractivity contribution < 1.29 is 0 Å². The van der Waals surface area contributed by atoms with Crippen LogP contribution >= 0.6 is 0 Å². The van der Waals surface area contributed by atoms with Crippen molar-refractivity contribution in [2.75, 3.05) is 26.2 Å². The molecule has 0 saturated carbocycles. The van der Waals surface area contributed by atoms with E-state index in [0.717, 1.165) is 25.9 Å². The van der Waals surface area contributed by atoms with E-state index in [9.17, 15) is 0 Å². The van der Waals surface area contributed by atoms with E-state index in [0.29, 0.717) is 0 Å². The zero-order valence-corrected chi connectivity index (χ0v) is 14.1. The normalized spacial score (nSPS) is 16.0. The maximum atomic E-state index is 5.72. The molecule has 120 valence electrons.